The number of rotatable bonds is 7. The smallest absolute Gasteiger partial charge is 0.264 e. The number of phenols is 1. The molecule has 0 spiro atoms. The zero-order valence-electron chi connectivity index (χ0n) is 21.6. The van der Waals surface area contributed by atoms with Gasteiger partial charge in [0.2, 0.25) is 0 Å². The molecule has 0 saturated carbocycles. The Bertz CT molecular complexity index is 1590. The second-order valence-corrected chi connectivity index (χ2v) is 11.0. The van der Waals surface area contributed by atoms with Crippen LogP contribution in [-0.2, 0) is 16.6 Å². The van der Waals surface area contributed by atoms with Crippen molar-refractivity contribution in [2.45, 2.75) is 17.9 Å². The average molecular weight is 547 g/mol. The molecule has 2 heterocycles. The number of aromatic hydroxyl groups is 1. The average Bonchev–Trinajstić information content (AvgIpc) is 3.19. The number of fused-ring (bicyclic) bond motifs is 1. The first kappa shape index (κ1) is 26.5. The predicted octanol–water partition coefficient (Wildman–Crippen LogP) is 4.10. The Balaban J connectivity index is 1.24. The van der Waals surface area contributed by atoms with Crippen LogP contribution in [0.15, 0.2) is 83.9 Å². The first-order valence-electron chi connectivity index (χ1n) is 12.7. The number of sulfonamides is 1. The second-order valence-electron chi connectivity index (χ2n) is 9.39. The van der Waals surface area contributed by atoms with Gasteiger partial charge < -0.3 is 14.7 Å². The molecule has 9 nitrogen and oxygen atoms in total. The third-order valence-electron chi connectivity index (χ3n) is 6.85. The van der Waals surface area contributed by atoms with Crippen molar-refractivity contribution >= 4 is 32.5 Å². The van der Waals surface area contributed by atoms with Crippen molar-refractivity contribution in [2.24, 2.45) is 0 Å². The molecule has 1 aliphatic heterocycles. The Morgan fingerprint density at radius 3 is 2.54 bits per heavy atom. The van der Waals surface area contributed by atoms with E-state index in [4.69, 9.17) is 4.74 Å². The highest BCUT2D eigenvalue weighted by atomic mass is 32.2. The molecule has 1 fully saturated rings. The molecular weight excluding hydrogens is 516 g/mol. The molecule has 1 aromatic heterocycles. The van der Waals surface area contributed by atoms with Crippen molar-refractivity contribution in [3.8, 4) is 11.5 Å². The van der Waals surface area contributed by atoms with Gasteiger partial charge in [0.25, 0.3) is 15.9 Å². The van der Waals surface area contributed by atoms with Crippen molar-refractivity contribution in [2.75, 3.05) is 38.0 Å². The van der Waals surface area contributed by atoms with Gasteiger partial charge in [-0.3, -0.25) is 19.4 Å². The number of carbonyl (C=O) groups excluding carboxylic acids is 1. The number of nitrogens with one attached hydrogen (secondary N) is 1. The summed E-state index contributed by atoms with van der Waals surface area (Å²) in [5, 5.41) is 11.0. The van der Waals surface area contributed by atoms with Gasteiger partial charge in [0.1, 0.15) is 16.4 Å². The topological polar surface area (TPSA) is 112 Å². The van der Waals surface area contributed by atoms with Gasteiger partial charge in [-0.1, -0.05) is 24.3 Å². The van der Waals surface area contributed by atoms with E-state index in [1.807, 2.05) is 23.1 Å². The zero-order chi connectivity index (χ0) is 27.4. The number of hydrogen-bond acceptors (Lipinski definition) is 7. The van der Waals surface area contributed by atoms with Gasteiger partial charge in [-0.25, -0.2) is 8.42 Å². The van der Waals surface area contributed by atoms with E-state index >= 15 is 0 Å². The van der Waals surface area contributed by atoms with Gasteiger partial charge in [0.05, 0.1) is 12.6 Å². The molecule has 202 valence electrons. The van der Waals surface area contributed by atoms with Gasteiger partial charge in [-0.05, 0) is 55.0 Å². The quantitative estimate of drug-likeness (QED) is 0.359. The maximum atomic E-state index is 13.2. The third-order valence-corrected chi connectivity index (χ3v) is 8.27. The summed E-state index contributed by atoms with van der Waals surface area (Å²) in [6.45, 7) is 3.11. The Kier molecular flexibility index (Phi) is 7.67. The standard InChI is InChI=1S/C29H30N4O5S/c1-38-26-9-3-8-25(34)24(26)20-32-16-5-17-33(19-18-32)29(35)22-11-13-23(14-12-22)31-39(36,37)27-10-2-6-21-7-4-15-30-28(21)27/h2-4,6-15,31,34H,5,16-20H2,1H3. The van der Waals surface area contributed by atoms with E-state index in [9.17, 15) is 18.3 Å². The summed E-state index contributed by atoms with van der Waals surface area (Å²) in [7, 11) is -2.30. The van der Waals surface area contributed by atoms with Crippen LogP contribution in [0.4, 0.5) is 5.69 Å². The van der Waals surface area contributed by atoms with Gasteiger partial charge in [-0.2, -0.15) is 0 Å². The van der Waals surface area contributed by atoms with Crippen molar-refractivity contribution < 1.29 is 23.1 Å². The fourth-order valence-corrected chi connectivity index (χ4v) is 6.07. The molecule has 2 N–H and O–H groups in total. The van der Waals surface area contributed by atoms with Crippen molar-refractivity contribution in [1.29, 1.82) is 0 Å². The Labute approximate surface area is 227 Å². The molecule has 0 aliphatic carbocycles. The minimum absolute atomic E-state index is 0.0938. The maximum Gasteiger partial charge on any atom is 0.264 e. The largest absolute Gasteiger partial charge is 0.507 e. The minimum atomic E-state index is -3.88. The van der Waals surface area contributed by atoms with E-state index in [1.54, 1.807) is 61.8 Å². The molecule has 0 unspecified atom stereocenters. The molecule has 0 bridgehead atoms. The summed E-state index contributed by atoms with van der Waals surface area (Å²) in [6, 6.07) is 20.3. The molecule has 0 radical (unpaired) electrons. The van der Waals surface area contributed by atoms with Crippen LogP contribution in [0.25, 0.3) is 10.9 Å². The zero-order valence-corrected chi connectivity index (χ0v) is 22.4. The van der Waals surface area contributed by atoms with Crippen molar-refractivity contribution in [1.82, 2.24) is 14.8 Å². The van der Waals surface area contributed by atoms with Crippen LogP contribution in [0.2, 0.25) is 0 Å². The first-order valence-corrected chi connectivity index (χ1v) is 14.2. The number of hydrogen-bond donors (Lipinski definition) is 2. The van der Waals surface area contributed by atoms with Crippen molar-refractivity contribution in [3.63, 3.8) is 0 Å². The highest BCUT2D eigenvalue weighted by molar-refractivity contribution is 7.93. The molecule has 39 heavy (non-hydrogen) atoms. The van der Waals surface area contributed by atoms with E-state index in [2.05, 4.69) is 14.6 Å². The van der Waals surface area contributed by atoms with Gasteiger partial charge >= 0.3 is 0 Å². The fourth-order valence-electron chi connectivity index (χ4n) is 4.83. The van der Waals surface area contributed by atoms with E-state index in [-0.39, 0.29) is 16.6 Å². The lowest BCUT2D eigenvalue weighted by molar-refractivity contribution is 0.0761. The summed E-state index contributed by atoms with van der Waals surface area (Å²) in [5.74, 6) is 0.725. The molecule has 10 heteroatoms. The number of aromatic nitrogens is 1. The highest BCUT2D eigenvalue weighted by Crippen LogP contribution is 2.29. The summed E-state index contributed by atoms with van der Waals surface area (Å²) in [4.78, 5) is 21.6. The lowest BCUT2D eigenvalue weighted by Crippen LogP contribution is -2.35. The van der Waals surface area contributed by atoms with Crippen LogP contribution in [-0.4, -0.2) is 67.5 Å². The first-order chi connectivity index (χ1) is 18.9. The fraction of sp³-hybridized carbons (Fsp3) is 0.241. The van der Waals surface area contributed by atoms with E-state index in [1.165, 1.54) is 6.07 Å². The number of ether oxygens (including phenoxy) is 1. The van der Waals surface area contributed by atoms with Gasteiger partial charge in [0, 0.05) is 61.1 Å². The molecule has 3 aromatic carbocycles. The second kappa shape index (κ2) is 11.3. The lowest BCUT2D eigenvalue weighted by Gasteiger charge is -2.23. The SMILES string of the molecule is COc1cccc(O)c1CN1CCCN(C(=O)c2ccc(NS(=O)(=O)c3cccc4cccnc34)cc2)CC1. The number of para-hydroxylation sites is 1. The van der Waals surface area contributed by atoms with Crippen LogP contribution in [0, 0.1) is 0 Å². The Morgan fingerprint density at radius 1 is 0.974 bits per heavy atom. The Morgan fingerprint density at radius 2 is 1.74 bits per heavy atom. The molecule has 0 atom stereocenters. The van der Waals surface area contributed by atoms with E-state index < -0.39 is 10.0 Å². The summed E-state index contributed by atoms with van der Waals surface area (Å²) >= 11 is 0. The van der Waals surface area contributed by atoms with Crippen LogP contribution in [0.3, 0.4) is 0 Å². The molecule has 1 aliphatic rings. The number of methoxy groups -OCH3 is 1. The Hall–Kier alpha value is -4.15. The van der Waals surface area contributed by atoms with Gasteiger partial charge in [0.15, 0.2) is 0 Å². The number of nitrogens with zero attached hydrogens (tertiary/aromatic N) is 3. The molecule has 1 amide bonds. The highest BCUT2D eigenvalue weighted by Gasteiger charge is 2.23. The number of benzene rings is 3. The van der Waals surface area contributed by atoms with Gasteiger partial charge in [-0.15, -0.1) is 0 Å². The number of anilines is 1. The van der Waals surface area contributed by atoms with Crippen LogP contribution >= 0.6 is 0 Å². The van der Waals surface area contributed by atoms with Crippen LogP contribution < -0.4 is 9.46 Å². The van der Waals surface area contributed by atoms with E-state index in [0.717, 1.165) is 23.9 Å². The monoisotopic (exact) mass is 546 g/mol. The molecule has 4 aromatic rings. The van der Waals surface area contributed by atoms with E-state index in [0.29, 0.717) is 48.7 Å². The number of pyridine rings is 1. The predicted molar refractivity (Wildman–Crippen MR) is 149 cm³/mol. The lowest BCUT2D eigenvalue weighted by atomic mass is 10.1. The van der Waals surface area contributed by atoms with Crippen LogP contribution in [0.5, 0.6) is 11.5 Å². The third kappa shape index (κ3) is 5.81. The number of carbonyl (C=O) groups is 1. The normalized spacial score (nSPS) is 14.6. The summed E-state index contributed by atoms with van der Waals surface area (Å²) in [6.07, 6.45) is 2.35. The number of amides is 1. The summed E-state index contributed by atoms with van der Waals surface area (Å²) < 4.78 is 34.2. The molecule has 5 rings (SSSR count). The summed E-state index contributed by atoms with van der Waals surface area (Å²) in [5.41, 5.74) is 1.98. The minimum Gasteiger partial charge on any atom is -0.507 e. The van der Waals surface area contributed by atoms with Crippen LogP contribution in [0.1, 0.15) is 22.3 Å². The maximum absolute atomic E-state index is 13.2. The van der Waals surface area contributed by atoms with Crippen molar-refractivity contribution in [3.05, 3.63) is 90.1 Å². The molecular formula is C29H30N4O5S. The molecule has 1 saturated heterocycles. The number of phenolic OH excluding ortho intramolecular Hbond substituents is 1.